The molecule has 148 valence electrons. The van der Waals surface area contributed by atoms with Crippen LogP contribution in [0.4, 0.5) is 5.69 Å². The number of anilines is 1. The van der Waals surface area contributed by atoms with E-state index in [1.54, 1.807) is 11.6 Å². The zero-order valence-electron chi connectivity index (χ0n) is 16.4. The SMILES string of the molecule is CCC(C(=O)Nc1cccc2ccccc12)n1cnc2c1c(=O)n(C)c(=O)n2C. The quantitative estimate of drug-likeness (QED) is 0.577. The van der Waals surface area contributed by atoms with Crippen molar-refractivity contribution in [1.82, 2.24) is 18.7 Å². The Kier molecular flexibility index (Phi) is 4.54. The first-order chi connectivity index (χ1) is 13.9. The Labute approximate surface area is 166 Å². The fraction of sp³-hybridized carbons (Fsp3) is 0.238. The zero-order chi connectivity index (χ0) is 20.7. The fourth-order valence-electron chi connectivity index (χ4n) is 3.66. The molecule has 0 aliphatic heterocycles. The van der Waals surface area contributed by atoms with Crippen LogP contribution in [0.15, 0.2) is 58.4 Å². The summed E-state index contributed by atoms with van der Waals surface area (Å²) in [6.45, 7) is 1.87. The van der Waals surface area contributed by atoms with E-state index in [2.05, 4.69) is 10.3 Å². The third-order valence-electron chi connectivity index (χ3n) is 5.25. The summed E-state index contributed by atoms with van der Waals surface area (Å²) < 4.78 is 3.88. The second kappa shape index (κ2) is 7.05. The Balaban J connectivity index is 1.79. The zero-order valence-corrected chi connectivity index (χ0v) is 16.4. The summed E-state index contributed by atoms with van der Waals surface area (Å²) in [6.07, 6.45) is 1.90. The molecule has 0 bridgehead atoms. The van der Waals surface area contributed by atoms with Crippen LogP contribution in [0.3, 0.4) is 0 Å². The van der Waals surface area contributed by atoms with Crippen LogP contribution in [0.5, 0.6) is 0 Å². The van der Waals surface area contributed by atoms with Gasteiger partial charge in [-0.15, -0.1) is 0 Å². The highest BCUT2D eigenvalue weighted by atomic mass is 16.2. The van der Waals surface area contributed by atoms with Crippen LogP contribution in [0.1, 0.15) is 19.4 Å². The highest BCUT2D eigenvalue weighted by Crippen LogP contribution is 2.25. The van der Waals surface area contributed by atoms with Crippen LogP contribution in [-0.2, 0) is 18.9 Å². The number of amides is 1. The van der Waals surface area contributed by atoms with Crippen molar-refractivity contribution < 1.29 is 4.79 Å². The minimum atomic E-state index is -0.649. The first-order valence-corrected chi connectivity index (χ1v) is 9.35. The van der Waals surface area contributed by atoms with Crippen molar-refractivity contribution in [3.63, 3.8) is 0 Å². The minimum absolute atomic E-state index is 0.231. The van der Waals surface area contributed by atoms with Gasteiger partial charge in [-0.25, -0.2) is 9.78 Å². The van der Waals surface area contributed by atoms with Gasteiger partial charge in [-0.05, 0) is 17.9 Å². The number of aromatic nitrogens is 4. The Bertz CT molecular complexity index is 1360. The molecule has 0 radical (unpaired) electrons. The standard InChI is InChI=1S/C21H21N5O3/c1-4-16(19(27)23-15-11-7-9-13-8-5-6-10-14(13)15)26-12-22-18-17(26)20(28)25(3)21(29)24(18)2/h5-12,16H,4H2,1-3H3,(H,23,27). The molecular weight excluding hydrogens is 370 g/mol. The average molecular weight is 391 g/mol. The van der Waals surface area contributed by atoms with E-state index in [0.29, 0.717) is 12.1 Å². The molecule has 0 spiro atoms. The molecular formula is C21H21N5O3. The summed E-state index contributed by atoms with van der Waals surface area (Å²) in [7, 11) is 2.97. The van der Waals surface area contributed by atoms with Gasteiger partial charge < -0.3 is 9.88 Å². The summed E-state index contributed by atoms with van der Waals surface area (Å²) >= 11 is 0. The number of benzene rings is 2. The number of carbonyl (C=O) groups excluding carboxylic acids is 1. The molecule has 1 amide bonds. The average Bonchev–Trinajstić information content (AvgIpc) is 3.16. The lowest BCUT2D eigenvalue weighted by Crippen LogP contribution is -2.38. The Hall–Kier alpha value is -3.68. The molecule has 0 fully saturated rings. The molecule has 8 heteroatoms. The minimum Gasteiger partial charge on any atom is -0.324 e. The second-order valence-corrected chi connectivity index (χ2v) is 6.97. The van der Waals surface area contributed by atoms with Gasteiger partial charge in [-0.2, -0.15) is 0 Å². The van der Waals surface area contributed by atoms with Gasteiger partial charge in [0.1, 0.15) is 6.04 Å². The number of nitrogens with zero attached hydrogens (tertiary/aromatic N) is 4. The van der Waals surface area contributed by atoms with E-state index < -0.39 is 17.3 Å². The molecule has 8 nitrogen and oxygen atoms in total. The Morgan fingerprint density at radius 2 is 1.79 bits per heavy atom. The number of hydrogen-bond acceptors (Lipinski definition) is 4. The van der Waals surface area contributed by atoms with Gasteiger partial charge in [0.15, 0.2) is 11.2 Å². The monoisotopic (exact) mass is 391 g/mol. The summed E-state index contributed by atoms with van der Waals surface area (Å²) in [5.74, 6) is -0.251. The maximum Gasteiger partial charge on any atom is 0.332 e. The highest BCUT2D eigenvalue weighted by molar-refractivity contribution is 6.03. The van der Waals surface area contributed by atoms with Crippen molar-refractivity contribution in [2.24, 2.45) is 14.1 Å². The third kappa shape index (κ3) is 2.93. The lowest BCUT2D eigenvalue weighted by molar-refractivity contribution is -0.119. The molecule has 2 aromatic carbocycles. The summed E-state index contributed by atoms with van der Waals surface area (Å²) in [6, 6.07) is 12.9. The first kappa shape index (κ1) is 18.7. The molecule has 1 atom stereocenters. The van der Waals surface area contributed by atoms with E-state index in [1.807, 2.05) is 49.4 Å². The predicted molar refractivity (Wildman–Crippen MR) is 112 cm³/mol. The van der Waals surface area contributed by atoms with E-state index in [9.17, 15) is 14.4 Å². The van der Waals surface area contributed by atoms with Crippen LogP contribution in [0, 0.1) is 0 Å². The van der Waals surface area contributed by atoms with Gasteiger partial charge in [0.2, 0.25) is 5.91 Å². The lowest BCUT2D eigenvalue weighted by atomic mass is 10.1. The molecule has 29 heavy (non-hydrogen) atoms. The molecule has 0 aliphatic carbocycles. The maximum atomic E-state index is 13.1. The lowest BCUT2D eigenvalue weighted by Gasteiger charge is -2.18. The number of imidazole rings is 1. The number of hydrogen-bond donors (Lipinski definition) is 1. The van der Waals surface area contributed by atoms with Gasteiger partial charge in [0, 0.05) is 25.2 Å². The van der Waals surface area contributed by atoms with E-state index in [4.69, 9.17) is 0 Å². The van der Waals surface area contributed by atoms with Crippen molar-refractivity contribution in [2.75, 3.05) is 5.32 Å². The molecule has 4 aromatic rings. The van der Waals surface area contributed by atoms with Crippen molar-refractivity contribution in [3.8, 4) is 0 Å². The van der Waals surface area contributed by atoms with Crippen LogP contribution >= 0.6 is 0 Å². The van der Waals surface area contributed by atoms with Gasteiger partial charge in [-0.3, -0.25) is 18.7 Å². The number of aryl methyl sites for hydroxylation is 1. The van der Waals surface area contributed by atoms with Crippen LogP contribution in [0.2, 0.25) is 0 Å². The molecule has 1 unspecified atom stereocenters. The molecule has 0 saturated carbocycles. The number of rotatable bonds is 4. The van der Waals surface area contributed by atoms with Gasteiger partial charge in [0.05, 0.1) is 6.33 Å². The highest BCUT2D eigenvalue weighted by Gasteiger charge is 2.24. The molecule has 2 heterocycles. The van der Waals surface area contributed by atoms with E-state index in [0.717, 1.165) is 15.3 Å². The third-order valence-corrected chi connectivity index (χ3v) is 5.25. The van der Waals surface area contributed by atoms with Crippen molar-refractivity contribution in [1.29, 1.82) is 0 Å². The van der Waals surface area contributed by atoms with Crippen LogP contribution in [0.25, 0.3) is 21.9 Å². The Morgan fingerprint density at radius 3 is 2.55 bits per heavy atom. The first-order valence-electron chi connectivity index (χ1n) is 9.35. The molecule has 2 aromatic heterocycles. The maximum absolute atomic E-state index is 13.1. The normalized spacial score (nSPS) is 12.4. The summed E-state index contributed by atoms with van der Waals surface area (Å²) in [5, 5.41) is 4.94. The summed E-state index contributed by atoms with van der Waals surface area (Å²) in [5.41, 5.74) is 0.262. The molecule has 1 N–H and O–H groups in total. The van der Waals surface area contributed by atoms with Crippen LogP contribution < -0.4 is 16.6 Å². The topological polar surface area (TPSA) is 90.9 Å². The van der Waals surface area contributed by atoms with E-state index in [-0.39, 0.29) is 17.1 Å². The largest absolute Gasteiger partial charge is 0.332 e. The number of fused-ring (bicyclic) bond motifs is 2. The van der Waals surface area contributed by atoms with Gasteiger partial charge in [-0.1, -0.05) is 43.3 Å². The van der Waals surface area contributed by atoms with Crippen LogP contribution in [-0.4, -0.2) is 24.6 Å². The molecule has 0 aliphatic rings. The van der Waals surface area contributed by atoms with Crippen molar-refractivity contribution >= 4 is 33.5 Å². The molecule has 4 rings (SSSR count). The summed E-state index contributed by atoms with van der Waals surface area (Å²) in [4.78, 5) is 42.2. The van der Waals surface area contributed by atoms with E-state index in [1.165, 1.54) is 17.9 Å². The predicted octanol–water partition coefficient (Wildman–Crippen LogP) is 2.18. The second-order valence-electron chi connectivity index (χ2n) is 6.97. The number of nitrogens with one attached hydrogen (secondary N) is 1. The van der Waals surface area contributed by atoms with Gasteiger partial charge >= 0.3 is 5.69 Å². The van der Waals surface area contributed by atoms with E-state index >= 15 is 0 Å². The molecule has 0 saturated heterocycles. The van der Waals surface area contributed by atoms with Crippen molar-refractivity contribution in [2.45, 2.75) is 19.4 Å². The smallest absolute Gasteiger partial charge is 0.324 e. The number of carbonyl (C=O) groups is 1. The van der Waals surface area contributed by atoms with Crippen molar-refractivity contribution in [3.05, 3.63) is 69.6 Å². The van der Waals surface area contributed by atoms with Gasteiger partial charge in [0.25, 0.3) is 5.56 Å². The Morgan fingerprint density at radius 1 is 1.07 bits per heavy atom. The fourth-order valence-corrected chi connectivity index (χ4v) is 3.66.